The van der Waals surface area contributed by atoms with Crippen molar-refractivity contribution in [3.8, 4) is 0 Å². The molecular formula is C21H14FN3O5. The number of carbonyl (C=O) groups excluding carboxylic acids is 2. The molecule has 1 amide bonds. The highest BCUT2D eigenvalue weighted by Gasteiger charge is 2.17. The summed E-state index contributed by atoms with van der Waals surface area (Å²) in [5.74, 6) is -2.46. The van der Waals surface area contributed by atoms with Gasteiger partial charge in [0.05, 0.1) is 4.92 Å². The van der Waals surface area contributed by atoms with Crippen molar-refractivity contribution >= 4 is 44.9 Å². The number of esters is 1. The molecule has 30 heavy (non-hydrogen) atoms. The first-order valence-corrected chi connectivity index (χ1v) is 8.84. The van der Waals surface area contributed by atoms with Crippen LogP contribution in [0, 0.1) is 15.9 Å². The fourth-order valence-electron chi connectivity index (χ4n) is 3.13. The molecule has 150 valence electrons. The molecule has 0 aliphatic heterocycles. The molecule has 0 saturated heterocycles. The highest BCUT2D eigenvalue weighted by Crippen LogP contribution is 2.26. The van der Waals surface area contributed by atoms with Gasteiger partial charge in [0.2, 0.25) is 5.82 Å². The number of anilines is 1. The molecule has 0 aliphatic carbocycles. The van der Waals surface area contributed by atoms with Crippen LogP contribution < -0.4 is 5.32 Å². The van der Waals surface area contributed by atoms with Crippen molar-refractivity contribution < 1.29 is 23.6 Å². The number of H-pyrrole nitrogens is 1. The van der Waals surface area contributed by atoms with Gasteiger partial charge in [-0.15, -0.1) is 0 Å². The molecule has 0 saturated carbocycles. The summed E-state index contributed by atoms with van der Waals surface area (Å²) < 4.78 is 18.4. The van der Waals surface area contributed by atoms with Gasteiger partial charge in [0, 0.05) is 22.7 Å². The highest BCUT2D eigenvalue weighted by atomic mass is 19.1. The zero-order valence-corrected chi connectivity index (χ0v) is 15.3. The van der Waals surface area contributed by atoms with Gasteiger partial charge >= 0.3 is 11.7 Å². The lowest BCUT2D eigenvalue weighted by Gasteiger charge is -2.06. The van der Waals surface area contributed by atoms with Crippen LogP contribution in [-0.2, 0) is 9.53 Å². The van der Waals surface area contributed by atoms with E-state index >= 15 is 0 Å². The monoisotopic (exact) mass is 407 g/mol. The maximum atomic E-state index is 13.4. The summed E-state index contributed by atoms with van der Waals surface area (Å²) in [6, 6.07) is 16.1. The molecule has 0 unspecified atom stereocenters. The van der Waals surface area contributed by atoms with Crippen molar-refractivity contribution in [3.63, 3.8) is 0 Å². The Balaban J connectivity index is 1.44. The number of nitro groups is 1. The summed E-state index contributed by atoms with van der Waals surface area (Å²) in [7, 11) is 0. The molecule has 0 aliphatic rings. The minimum atomic E-state index is -1.02. The minimum Gasteiger partial charge on any atom is -0.451 e. The van der Waals surface area contributed by atoms with Gasteiger partial charge in [0.1, 0.15) is 5.69 Å². The predicted octanol–water partition coefficient (Wildman–Crippen LogP) is 4.16. The van der Waals surface area contributed by atoms with Crippen LogP contribution in [0.25, 0.3) is 21.7 Å². The Morgan fingerprint density at radius 3 is 2.67 bits per heavy atom. The molecule has 0 spiro atoms. The number of aromatic nitrogens is 1. The fourth-order valence-corrected chi connectivity index (χ4v) is 3.13. The molecule has 1 heterocycles. The van der Waals surface area contributed by atoms with Crippen molar-refractivity contribution in [1.82, 2.24) is 4.98 Å². The second-order valence-electron chi connectivity index (χ2n) is 6.48. The van der Waals surface area contributed by atoms with Gasteiger partial charge in [0.25, 0.3) is 5.91 Å². The molecule has 4 aromatic rings. The summed E-state index contributed by atoms with van der Waals surface area (Å²) in [6.45, 7) is -0.611. The lowest BCUT2D eigenvalue weighted by Crippen LogP contribution is -2.21. The normalized spacial score (nSPS) is 10.8. The van der Waals surface area contributed by atoms with Gasteiger partial charge in [-0.3, -0.25) is 14.9 Å². The first-order valence-electron chi connectivity index (χ1n) is 8.84. The van der Waals surface area contributed by atoms with Gasteiger partial charge in [-0.05, 0) is 35.0 Å². The number of rotatable bonds is 5. The first-order chi connectivity index (χ1) is 14.4. The largest absolute Gasteiger partial charge is 0.451 e. The molecule has 8 nitrogen and oxygen atoms in total. The number of halogens is 1. The van der Waals surface area contributed by atoms with E-state index in [0.29, 0.717) is 0 Å². The van der Waals surface area contributed by atoms with Crippen molar-refractivity contribution in [3.05, 3.63) is 82.3 Å². The molecule has 0 bridgehead atoms. The molecular weight excluding hydrogens is 393 g/mol. The average molecular weight is 407 g/mol. The van der Waals surface area contributed by atoms with E-state index in [1.54, 1.807) is 6.07 Å². The van der Waals surface area contributed by atoms with Crippen LogP contribution in [0.3, 0.4) is 0 Å². The van der Waals surface area contributed by atoms with E-state index in [4.69, 9.17) is 4.74 Å². The Labute approximate surface area is 168 Å². The smallest absolute Gasteiger partial charge is 0.355 e. The van der Waals surface area contributed by atoms with Gasteiger partial charge < -0.3 is 15.0 Å². The van der Waals surface area contributed by atoms with Crippen molar-refractivity contribution in [1.29, 1.82) is 0 Å². The average Bonchev–Trinajstić information content (AvgIpc) is 3.18. The number of nitrogens with one attached hydrogen (secondary N) is 2. The third kappa shape index (κ3) is 3.68. The van der Waals surface area contributed by atoms with E-state index in [2.05, 4.69) is 10.3 Å². The second kappa shape index (κ2) is 7.63. The van der Waals surface area contributed by atoms with Gasteiger partial charge in [-0.1, -0.05) is 30.3 Å². The summed E-state index contributed by atoms with van der Waals surface area (Å²) in [5, 5.41) is 15.9. The minimum absolute atomic E-state index is 0.0150. The number of benzene rings is 3. The molecule has 9 heteroatoms. The van der Waals surface area contributed by atoms with Crippen molar-refractivity contribution in [2.75, 3.05) is 11.9 Å². The van der Waals surface area contributed by atoms with E-state index in [-0.39, 0.29) is 11.4 Å². The standard InChI is InChI=1S/C21H14FN3O5/c22-16-7-6-13(9-19(16)25(28)29)23-20(26)11-30-21(27)18-10-15-14-4-2-1-3-12(14)5-8-17(15)24-18/h1-10,24H,11H2,(H,23,26). The Bertz CT molecular complexity index is 1310. The third-order valence-corrected chi connectivity index (χ3v) is 4.51. The van der Waals surface area contributed by atoms with Crippen molar-refractivity contribution in [2.24, 2.45) is 0 Å². The van der Waals surface area contributed by atoms with Crippen LogP contribution in [0.5, 0.6) is 0 Å². The second-order valence-corrected chi connectivity index (χ2v) is 6.48. The van der Waals surface area contributed by atoms with Crippen molar-refractivity contribution in [2.45, 2.75) is 0 Å². The number of carbonyl (C=O) groups is 2. The number of nitro benzene ring substituents is 1. The number of amides is 1. The first kappa shape index (κ1) is 19.1. The summed E-state index contributed by atoms with van der Waals surface area (Å²) in [5.41, 5.74) is 0.187. The number of nitrogens with zero attached hydrogens (tertiary/aromatic N) is 1. The van der Waals surface area contributed by atoms with Crippen LogP contribution in [0.4, 0.5) is 15.8 Å². The van der Waals surface area contributed by atoms with Crippen LogP contribution in [0.15, 0.2) is 60.7 Å². The molecule has 0 radical (unpaired) electrons. The Morgan fingerprint density at radius 2 is 1.87 bits per heavy atom. The lowest BCUT2D eigenvalue weighted by atomic mass is 10.1. The SMILES string of the molecule is O=C(COC(=O)c1cc2c(ccc3ccccc32)[nH]1)Nc1ccc(F)c([N+](=O)[O-])c1. The predicted molar refractivity (Wildman–Crippen MR) is 108 cm³/mol. The van der Waals surface area contributed by atoms with E-state index in [1.807, 2.05) is 36.4 Å². The number of fused-ring (bicyclic) bond motifs is 3. The van der Waals surface area contributed by atoms with E-state index in [9.17, 15) is 24.1 Å². The highest BCUT2D eigenvalue weighted by molar-refractivity contribution is 6.09. The summed E-state index contributed by atoms with van der Waals surface area (Å²) >= 11 is 0. The molecule has 3 aromatic carbocycles. The van der Waals surface area contributed by atoms with Gasteiger partial charge in [-0.2, -0.15) is 4.39 Å². The van der Waals surface area contributed by atoms with Crippen LogP contribution >= 0.6 is 0 Å². The van der Waals surface area contributed by atoms with Crippen LogP contribution in [-0.4, -0.2) is 28.4 Å². The molecule has 1 aromatic heterocycles. The Morgan fingerprint density at radius 1 is 1.07 bits per heavy atom. The molecule has 0 fully saturated rings. The zero-order chi connectivity index (χ0) is 21.3. The van der Waals surface area contributed by atoms with Gasteiger partial charge in [-0.25, -0.2) is 4.79 Å². The van der Waals surface area contributed by atoms with E-state index in [1.165, 1.54) is 6.07 Å². The Kier molecular flexibility index (Phi) is 4.85. The van der Waals surface area contributed by atoms with E-state index < -0.39 is 34.9 Å². The number of hydrogen-bond donors (Lipinski definition) is 2. The fraction of sp³-hybridized carbons (Fsp3) is 0.0476. The summed E-state index contributed by atoms with van der Waals surface area (Å²) in [6.07, 6.45) is 0. The number of hydrogen-bond acceptors (Lipinski definition) is 5. The lowest BCUT2D eigenvalue weighted by molar-refractivity contribution is -0.387. The quantitative estimate of drug-likeness (QED) is 0.293. The third-order valence-electron chi connectivity index (χ3n) is 4.51. The van der Waals surface area contributed by atoms with Gasteiger partial charge in [0.15, 0.2) is 6.61 Å². The molecule has 2 N–H and O–H groups in total. The van der Waals surface area contributed by atoms with Crippen LogP contribution in [0.2, 0.25) is 0 Å². The van der Waals surface area contributed by atoms with Crippen LogP contribution in [0.1, 0.15) is 10.5 Å². The number of ether oxygens (including phenoxy) is 1. The molecule has 0 atom stereocenters. The molecule has 4 rings (SSSR count). The topological polar surface area (TPSA) is 114 Å². The Hall–Kier alpha value is -4.27. The van der Waals surface area contributed by atoms with E-state index in [0.717, 1.165) is 33.8 Å². The maximum absolute atomic E-state index is 13.4. The maximum Gasteiger partial charge on any atom is 0.355 e. The number of aromatic amines is 1. The summed E-state index contributed by atoms with van der Waals surface area (Å²) in [4.78, 5) is 37.2. The zero-order valence-electron chi connectivity index (χ0n) is 15.3.